The fourth-order valence-corrected chi connectivity index (χ4v) is 3.34. The number of rotatable bonds is 6. The van der Waals surface area contributed by atoms with Crippen molar-refractivity contribution in [3.05, 3.63) is 63.7 Å². The Labute approximate surface area is 175 Å². The minimum Gasteiger partial charge on any atom is -0.487 e. The van der Waals surface area contributed by atoms with Crippen LogP contribution < -0.4 is 10.1 Å². The van der Waals surface area contributed by atoms with E-state index in [0.29, 0.717) is 12.4 Å². The molecule has 0 aliphatic heterocycles. The molecule has 0 fully saturated rings. The van der Waals surface area contributed by atoms with Gasteiger partial charge in [0.05, 0.1) is 21.9 Å². The average molecular weight is 411 g/mol. The van der Waals surface area contributed by atoms with Gasteiger partial charge in [0, 0.05) is 17.5 Å². The van der Waals surface area contributed by atoms with Crippen molar-refractivity contribution in [3.8, 4) is 5.75 Å². The van der Waals surface area contributed by atoms with E-state index in [4.69, 9.17) is 4.74 Å². The van der Waals surface area contributed by atoms with Crippen molar-refractivity contribution in [2.45, 2.75) is 46.8 Å². The molecule has 0 saturated carbocycles. The van der Waals surface area contributed by atoms with Crippen LogP contribution in [0.15, 0.2) is 41.8 Å². The van der Waals surface area contributed by atoms with E-state index in [1.807, 2.05) is 75.0 Å². The van der Waals surface area contributed by atoms with E-state index in [-0.39, 0.29) is 11.4 Å². The number of benzene rings is 1. The molecule has 0 spiro atoms. The Bertz CT molecular complexity index is 1010. The maximum Gasteiger partial charge on any atom is 0.249 e. The fourth-order valence-electron chi connectivity index (χ4n) is 2.75. The number of carbonyl (C=O) groups excluding carboxylic acids is 1. The summed E-state index contributed by atoms with van der Waals surface area (Å²) in [4.78, 5) is 16.7. The highest BCUT2D eigenvalue weighted by Crippen LogP contribution is 2.21. The Morgan fingerprint density at radius 3 is 2.59 bits per heavy atom. The van der Waals surface area contributed by atoms with Crippen LogP contribution in [0.1, 0.15) is 42.7 Å². The van der Waals surface area contributed by atoms with Crippen molar-refractivity contribution in [2.24, 2.45) is 0 Å². The van der Waals surface area contributed by atoms with Crippen molar-refractivity contribution in [1.82, 2.24) is 14.8 Å². The summed E-state index contributed by atoms with van der Waals surface area (Å²) in [6, 6.07) is 9.46. The van der Waals surface area contributed by atoms with E-state index in [0.717, 1.165) is 27.7 Å². The quantitative estimate of drug-likeness (QED) is 0.584. The summed E-state index contributed by atoms with van der Waals surface area (Å²) in [6.45, 7) is 10.5. The summed E-state index contributed by atoms with van der Waals surface area (Å²) in [5.74, 6) is 1.25. The molecule has 6 nitrogen and oxygen atoms in total. The maximum atomic E-state index is 12.3. The van der Waals surface area contributed by atoms with Crippen LogP contribution in [0.2, 0.25) is 0 Å². The van der Waals surface area contributed by atoms with Gasteiger partial charge in [-0.1, -0.05) is 12.1 Å². The van der Waals surface area contributed by atoms with Crippen LogP contribution in [-0.2, 0) is 16.9 Å². The zero-order valence-corrected chi connectivity index (χ0v) is 18.2. The first-order valence-electron chi connectivity index (χ1n) is 9.41. The molecule has 1 N–H and O–H groups in total. The number of aromatic nitrogens is 3. The van der Waals surface area contributed by atoms with Gasteiger partial charge in [-0.05, 0) is 58.4 Å². The Kier molecular flexibility index (Phi) is 6.17. The van der Waals surface area contributed by atoms with E-state index in [1.165, 1.54) is 6.08 Å². The zero-order valence-electron chi connectivity index (χ0n) is 17.4. The Balaban J connectivity index is 1.58. The molecule has 0 radical (unpaired) electrons. The molecule has 1 amide bonds. The number of anilines is 1. The summed E-state index contributed by atoms with van der Waals surface area (Å²) >= 11 is 1.61. The summed E-state index contributed by atoms with van der Waals surface area (Å²) in [7, 11) is 0. The molecular formula is C22H26N4O2S. The van der Waals surface area contributed by atoms with Gasteiger partial charge in [-0.3, -0.25) is 4.79 Å². The molecule has 0 saturated heterocycles. The van der Waals surface area contributed by atoms with Crippen molar-refractivity contribution >= 4 is 29.1 Å². The van der Waals surface area contributed by atoms with E-state index in [2.05, 4.69) is 15.4 Å². The number of hydrogen-bond acceptors (Lipinski definition) is 5. The smallest absolute Gasteiger partial charge is 0.249 e. The first-order chi connectivity index (χ1) is 13.7. The second kappa shape index (κ2) is 8.61. The SMILES string of the molecule is Cc1cc(NC(=O)/C=C/c2ccc(OCc3csc(C)n3)cc2)n(C(C)(C)C)n1. The van der Waals surface area contributed by atoms with Crippen LogP contribution in [0.4, 0.5) is 5.82 Å². The van der Waals surface area contributed by atoms with Gasteiger partial charge in [-0.15, -0.1) is 11.3 Å². The lowest BCUT2D eigenvalue weighted by molar-refractivity contribution is -0.111. The van der Waals surface area contributed by atoms with Crippen molar-refractivity contribution in [3.63, 3.8) is 0 Å². The summed E-state index contributed by atoms with van der Waals surface area (Å²) in [5, 5.41) is 10.4. The Hall–Kier alpha value is -2.93. The van der Waals surface area contributed by atoms with Gasteiger partial charge in [0.15, 0.2) is 0 Å². The van der Waals surface area contributed by atoms with Gasteiger partial charge in [-0.25, -0.2) is 9.67 Å². The fraction of sp³-hybridized carbons (Fsp3) is 0.318. The third-order valence-corrected chi connectivity index (χ3v) is 4.90. The highest BCUT2D eigenvalue weighted by molar-refractivity contribution is 7.09. The van der Waals surface area contributed by atoms with E-state index in [9.17, 15) is 4.79 Å². The molecule has 152 valence electrons. The lowest BCUT2D eigenvalue weighted by Crippen LogP contribution is -2.26. The highest BCUT2D eigenvalue weighted by atomic mass is 32.1. The first-order valence-corrected chi connectivity index (χ1v) is 10.3. The topological polar surface area (TPSA) is 69.0 Å². The molecule has 0 aliphatic carbocycles. The number of ether oxygens (including phenoxy) is 1. The Morgan fingerprint density at radius 2 is 1.97 bits per heavy atom. The van der Waals surface area contributed by atoms with Crippen molar-refractivity contribution in [1.29, 1.82) is 0 Å². The largest absolute Gasteiger partial charge is 0.487 e. The maximum absolute atomic E-state index is 12.3. The van der Waals surface area contributed by atoms with Gasteiger partial charge in [0.2, 0.25) is 5.91 Å². The molecule has 0 aliphatic rings. The monoisotopic (exact) mass is 410 g/mol. The third kappa shape index (κ3) is 5.77. The number of hydrogen-bond donors (Lipinski definition) is 1. The molecule has 29 heavy (non-hydrogen) atoms. The normalized spacial score (nSPS) is 11.8. The van der Waals surface area contributed by atoms with Gasteiger partial charge in [0.1, 0.15) is 18.2 Å². The molecule has 2 aromatic heterocycles. The number of amides is 1. The predicted octanol–water partition coefficient (Wildman–Crippen LogP) is 4.94. The summed E-state index contributed by atoms with van der Waals surface area (Å²) < 4.78 is 7.57. The highest BCUT2D eigenvalue weighted by Gasteiger charge is 2.19. The van der Waals surface area contributed by atoms with Crippen LogP contribution in [0.5, 0.6) is 5.75 Å². The molecule has 3 aromatic rings. The standard InChI is InChI=1S/C22H26N4O2S/c1-15-12-20(26(25-15)22(3,4)5)24-21(27)11-8-17-6-9-19(10-7-17)28-13-18-14-29-16(2)23-18/h6-12,14H,13H2,1-5H3,(H,24,27)/b11-8+. The van der Waals surface area contributed by atoms with Gasteiger partial charge >= 0.3 is 0 Å². The zero-order chi connectivity index (χ0) is 21.0. The van der Waals surface area contributed by atoms with E-state index in [1.54, 1.807) is 17.4 Å². The number of carbonyl (C=O) groups is 1. The second-order valence-corrected chi connectivity index (χ2v) is 8.85. The minimum absolute atomic E-state index is 0.199. The number of nitrogens with one attached hydrogen (secondary N) is 1. The van der Waals surface area contributed by atoms with Crippen molar-refractivity contribution < 1.29 is 9.53 Å². The van der Waals surface area contributed by atoms with Crippen LogP contribution >= 0.6 is 11.3 Å². The molecule has 2 heterocycles. The lowest BCUT2D eigenvalue weighted by atomic mass is 10.1. The average Bonchev–Trinajstić information content (AvgIpc) is 3.24. The van der Waals surface area contributed by atoms with Gasteiger partial charge in [0.25, 0.3) is 0 Å². The number of nitrogens with zero attached hydrogens (tertiary/aromatic N) is 3. The van der Waals surface area contributed by atoms with Crippen molar-refractivity contribution in [2.75, 3.05) is 5.32 Å². The van der Waals surface area contributed by atoms with Crippen LogP contribution in [0, 0.1) is 13.8 Å². The number of thiazole rings is 1. The second-order valence-electron chi connectivity index (χ2n) is 7.79. The molecule has 3 rings (SSSR count). The van der Waals surface area contributed by atoms with Crippen LogP contribution in [0.3, 0.4) is 0 Å². The predicted molar refractivity (Wildman–Crippen MR) is 117 cm³/mol. The van der Waals surface area contributed by atoms with Crippen LogP contribution in [-0.4, -0.2) is 20.7 Å². The van der Waals surface area contributed by atoms with E-state index >= 15 is 0 Å². The van der Waals surface area contributed by atoms with Gasteiger partial charge in [-0.2, -0.15) is 5.10 Å². The van der Waals surface area contributed by atoms with Gasteiger partial charge < -0.3 is 10.1 Å². The molecule has 0 unspecified atom stereocenters. The van der Waals surface area contributed by atoms with Crippen LogP contribution in [0.25, 0.3) is 6.08 Å². The first kappa shape index (κ1) is 20.8. The molecular weight excluding hydrogens is 384 g/mol. The Morgan fingerprint density at radius 1 is 1.24 bits per heavy atom. The minimum atomic E-state index is -0.215. The molecule has 0 atom stereocenters. The summed E-state index contributed by atoms with van der Waals surface area (Å²) in [6.07, 6.45) is 3.29. The molecule has 1 aromatic carbocycles. The lowest BCUT2D eigenvalue weighted by Gasteiger charge is -2.22. The third-order valence-electron chi connectivity index (χ3n) is 4.08. The number of aryl methyl sites for hydroxylation is 2. The summed E-state index contributed by atoms with van der Waals surface area (Å²) in [5.41, 5.74) is 2.49. The molecule has 0 bridgehead atoms. The van der Waals surface area contributed by atoms with E-state index < -0.39 is 0 Å². The molecule has 7 heteroatoms.